The van der Waals surface area contributed by atoms with Gasteiger partial charge in [-0.15, -0.1) is 0 Å². The van der Waals surface area contributed by atoms with Crippen molar-refractivity contribution in [2.45, 2.75) is 30.6 Å². The van der Waals surface area contributed by atoms with Crippen molar-refractivity contribution in [3.63, 3.8) is 0 Å². The fourth-order valence-electron chi connectivity index (χ4n) is 4.23. The van der Waals surface area contributed by atoms with Gasteiger partial charge in [0.2, 0.25) is 0 Å². The van der Waals surface area contributed by atoms with Gasteiger partial charge in [-0.2, -0.15) is 0 Å². The Balaban J connectivity index is 1.55. The Morgan fingerprint density at radius 2 is 2.00 bits per heavy atom. The molecule has 0 saturated heterocycles. The summed E-state index contributed by atoms with van der Waals surface area (Å²) in [6.45, 7) is 0. The molecule has 1 unspecified atom stereocenters. The third-order valence-corrected chi connectivity index (χ3v) is 7.07. The molecule has 5 rings (SSSR count). The van der Waals surface area contributed by atoms with E-state index in [0.29, 0.717) is 33.3 Å². The minimum absolute atomic E-state index is 0.238. The number of fused-ring (bicyclic) bond motifs is 1. The van der Waals surface area contributed by atoms with Gasteiger partial charge in [-0.3, -0.25) is 14.1 Å². The molecule has 0 aliphatic heterocycles. The summed E-state index contributed by atoms with van der Waals surface area (Å²) in [5.41, 5.74) is 0.667. The maximum absolute atomic E-state index is 15.1. The molecule has 178 valence electrons. The molecule has 9 heteroatoms. The first kappa shape index (κ1) is 22.9. The van der Waals surface area contributed by atoms with Gasteiger partial charge in [-0.05, 0) is 37.1 Å². The van der Waals surface area contributed by atoms with Crippen LogP contribution in [0, 0.1) is 23.6 Å². The number of nitrogens with one attached hydrogen (secondary N) is 1. The van der Waals surface area contributed by atoms with Gasteiger partial charge in [0.15, 0.2) is 16.8 Å². The van der Waals surface area contributed by atoms with Gasteiger partial charge in [0.05, 0.1) is 28.8 Å². The maximum atomic E-state index is 15.1. The number of hydrogen-bond donors (Lipinski definition) is 1. The first-order valence-electron chi connectivity index (χ1n) is 11.2. The number of aromatic nitrogens is 2. The second-order valence-corrected chi connectivity index (χ2v) is 9.45. The van der Waals surface area contributed by atoms with E-state index in [4.69, 9.17) is 9.26 Å². The maximum Gasteiger partial charge on any atom is 0.255 e. The molecule has 1 atom stereocenters. The van der Waals surface area contributed by atoms with Crippen LogP contribution in [0.4, 0.5) is 10.2 Å². The molecule has 2 heterocycles. The van der Waals surface area contributed by atoms with Crippen LogP contribution >= 0.6 is 0 Å². The molecule has 0 spiro atoms. The number of methoxy groups -OCH3 is 1. The van der Waals surface area contributed by atoms with Crippen molar-refractivity contribution in [2.24, 2.45) is 5.92 Å². The first-order chi connectivity index (χ1) is 17.0. The Morgan fingerprint density at radius 1 is 1.17 bits per heavy atom. The molecule has 1 N–H and O–H groups in total. The largest absolute Gasteiger partial charge is 0.495 e. The third-order valence-electron chi connectivity index (χ3n) is 5.99. The molecule has 1 aliphatic rings. The minimum atomic E-state index is -1.60. The Kier molecular flexibility index (Phi) is 6.38. The number of benzene rings is 2. The Morgan fingerprint density at radius 3 is 2.74 bits per heavy atom. The molecule has 1 fully saturated rings. The van der Waals surface area contributed by atoms with Crippen LogP contribution in [0.25, 0.3) is 16.6 Å². The van der Waals surface area contributed by atoms with Gasteiger partial charge >= 0.3 is 0 Å². The highest BCUT2D eigenvalue weighted by atomic mass is 32.2. The summed E-state index contributed by atoms with van der Waals surface area (Å²) in [6.07, 6.45) is 5.75. The summed E-state index contributed by atoms with van der Waals surface area (Å²) in [5, 5.41) is 4.34. The highest BCUT2D eigenvalue weighted by molar-refractivity contribution is 7.86. The van der Waals surface area contributed by atoms with Crippen molar-refractivity contribution in [3.05, 3.63) is 76.5 Å². The van der Waals surface area contributed by atoms with Gasteiger partial charge in [-0.1, -0.05) is 29.8 Å². The fraction of sp³-hybridized carbons (Fsp3) is 0.231. The van der Waals surface area contributed by atoms with E-state index in [1.165, 1.54) is 36.1 Å². The van der Waals surface area contributed by atoms with Gasteiger partial charge in [0.25, 0.3) is 5.56 Å². The lowest BCUT2D eigenvalue weighted by molar-refractivity contribution is 0.411. The molecule has 1 aliphatic carbocycles. The minimum Gasteiger partial charge on any atom is -0.495 e. The second kappa shape index (κ2) is 9.76. The average molecular weight is 492 g/mol. The molecule has 2 aromatic heterocycles. The summed E-state index contributed by atoms with van der Waals surface area (Å²) in [6, 6.07) is 12.4. The average Bonchev–Trinajstić information content (AvgIpc) is 3.57. The molecule has 4 aromatic rings. The Bertz CT molecular complexity index is 1530. The van der Waals surface area contributed by atoms with Crippen molar-refractivity contribution in [2.75, 3.05) is 11.8 Å². The van der Waals surface area contributed by atoms with E-state index in [1.807, 2.05) is 0 Å². The topological polar surface area (TPSA) is 86.4 Å². The lowest BCUT2D eigenvalue weighted by atomic mass is 10.1. The highest BCUT2D eigenvalue weighted by Crippen LogP contribution is 2.29. The molecular weight excluding hydrogens is 469 g/mol. The van der Waals surface area contributed by atoms with Crippen LogP contribution in [0.15, 0.2) is 69.0 Å². The number of hydrogen-bond acceptors (Lipinski definition) is 5. The van der Waals surface area contributed by atoms with Crippen LogP contribution in [0.1, 0.15) is 31.2 Å². The van der Waals surface area contributed by atoms with Crippen molar-refractivity contribution >= 4 is 27.7 Å². The van der Waals surface area contributed by atoms with Crippen LogP contribution in [-0.2, 0) is 11.0 Å². The van der Waals surface area contributed by atoms with Gasteiger partial charge in [-0.25, -0.2) is 8.60 Å². The van der Waals surface area contributed by atoms with Crippen LogP contribution in [0.2, 0.25) is 0 Å². The smallest absolute Gasteiger partial charge is 0.255 e. The number of ether oxygens (including phenoxy) is 1. The third kappa shape index (κ3) is 4.70. The number of nitrogens with zero attached hydrogens (tertiary/aromatic N) is 2. The molecule has 0 radical (unpaired) electrons. The summed E-state index contributed by atoms with van der Waals surface area (Å²) < 4.78 is 42.1. The Hall–Kier alpha value is -3.90. The molecule has 0 amide bonds. The van der Waals surface area contributed by atoms with Gasteiger partial charge in [0, 0.05) is 35.6 Å². The van der Waals surface area contributed by atoms with Crippen LogP contribution in [-0.4, -0.2) is 21.0 Å². The lowest BCUT2D eigenvalue weighted by Gasteiger charge is -2.15. The first-order valence-corrected chi connectivity index (χ1v) is 12.3. The van der Waals surface area contributed by atoms with E-state index in [9.17, 15) is 9.00 Å². The van der Waals surface area contributed by atoms with Gasteiger partial charge < -0.3 is 9.26 Å². The van der Waals surface area contributed by atoms with Crippen molar-refractivity contribution in [3.8, 4) is 23.3 Å². The van der Waals surface area contributed by atoms with E-state index in [2.05, 4.69) is 21.7 Å². The zero-order chi connectivity index (χ0) is 24.4. The van der Waals surface area contributed by atoms with E-state index in [-0.39, 0.29) is 16.8 Å². The van der Waals surface area contributed by atoms with Crippen molar-refractivity contribution < 1.29 is 17.9 Å². The number of halogens is 1. The number of anilines is 1. The fourth-order valence-corrected chi connectivity index (χ4v) is 5.07. The summed E-state index contributed by atoms with van der Waals surface area (Å²) in [5.74, 6) is 6.55. The SMILES string of the molecule is COc1cc(C#CC2CCCC2)c(F)cc1-n1c(=O)ccc2cc(S(=O)Nc3ccon3)ccc21. The van der Waals surface area contributed by atoms with Crippen molar-refractivity contribution in [1.82, 2.24) is 9.72 Å². The van der Waals surface area contributed by atoms with E-state index in [0.717, 1.165) is 25.7 Å². The molecule has 0 bridgehead atoms. The predicted octanol–water partition coefficient (Wildman–Crippen LogP) is 4.80. The second-order valence-electron chi connectivity index (χ2n) is 8.24. The van der Waals surface area contributed by atoms with Gasteiger partial charge in [0.1, 0.15) is 17.8 Å². The molecule has 7 nitrogen and oxygen atoms in total. The lowest BCUT2D eigenvalue weighted by Crippen LogP contribution is -2.18. The summed E-state index contributed by atoms with van der Waals surface area (Å²) in [4.78, 5) is 13.4. The molecule has 35 heavy (non-hydrogen) atoms. The van der Waals surface area contributed by atoms with E-state index >= 15 is 4.39 Å². The zero-order valence-electron chi connectivity index (χ0n) is 18.9. The Labute approximate surface area is 203 Å². The standard InChI is InChI=1S/C26H22FN3O4S/c1-33-24-15-18(7-6-17-4-2-3-5-17)21(27)16-23(24)30-22-10-9-20(14-19(22)8-11-26(30)31)35(32)29-25-12-13-34-28-25/h8-17H,2-5H2,1H3,(H,28,29). The monoisotopic (exact) mass is 491 g/mol. The van der Waals surface area contributed by atoms with E-state index in [1.54, 1.807) is 30.3 Å². The number of pyridine rings is 1. The normalized spacial score (nSPS) is 14.5. The molecule has 2 aromatic carbocycles. The van der Waals surface area contributed by atoms with Crippen LogP contribution in [0.3, 0.4) is 0 Å². The van der Waals surface area contributed by atoms with E-state index < -0.39 is 16.8 Å². The summed E-state index contributed by atoms with van der Waals surface area (Å²) in [7, 11) is -0.131. The molecular formula is C26H22FN3O4S. The summed E-state index contributed by atoms with van der Waals surface area (Å²) >= 11 is 0. The number of rotatable bonds is 5. The van der Waals surface area contributed by atoms with Crippen molar-refractivity contribution in [1.29, 1.82) is 0 Å². The molecule has 1 saturated carbocycles. The zero-order valence-corrected chi connectivity index (χ0v) is 19.7. The predicted molar refractivity (Wildman–Crippen MR) is 131 cm³/mol. The van der Waals surface area contributed by atoms with Crippen LogP contribution < -0.4 is 15.0 Å². The van der Waals surface area contributed by atoms with Crippen LogP contribution in [0.5, 0.6) is 5.75 Å². The quantitative estimate of drug-likeness (QED) is 0.405. The highest BCUT2D eigenvalue weighted by Gasteiger charge is 2.17.